The van der Waals surface area contributed by atoms with E-state index in [1.165, 1.54) is 6.07 Å². The predicted octanol–water partition coefficient (Wildman–Crippen LogP) is 3.43. The van der Waals surface area contributed by atoms with E-state index in [2.05, 4.69) is 5.32 Å². The van der Waals surface area contributed by atoms with Crippen molar-refractivity contribution in [2.45, 2.75) is 38.3 Å². The summed E-state index contributed by atoms with van der Waals surface area (Å²) in [5.41, 5.74) is -0.124. The highest BCUT2D eigenvalue weighted by Crippen LogP contribution is 2.34. The van der Waals surface area contributed by atoms with Crippen molar-refractivity contribution < 1.29 is 27.9 Å². The lowest BCUT2D eigenvalue weighted by Crippen LogP contribution is -2.44. The lowest BCUT2D eigenvalue weighted by Gasteiger charge is -2.32. The van der Waals surface area contributed by atoms with E-state index in [0.29, 0.717) is 31.4 Å². The van der Waals surface area contributed by atoms with Crippen LogP contribution in [0.1, 0.15) is 43.2 Å². The van der Waals surface area contributed by atoms with Gasteiger partial charge in [-0.05, 0) is 36.8 Å². The van der Waals surface area contributed by atoms with Gasteiger partial charge in [0.2, 0.25) is 5.91 Å². The third-order valence-corrected chi connectivity index (χ3v) is 4.59. The van der Waals surface area contributed by atoms with Crippen LogP contribution in [-0.4, -0.2) is 23.5 Å². The van der Waals surface area contributed by atoms with Crippen molar-refractivity contribution in [1.29, 1.82) is 0 Å². The van der Waals surface area contributed by atoms with E-state index in [4.69, 9.17) is 5.11 Å². The van der Waals surface area contributed by atoms with Crippen LogP contribution in [-0.2, 0) is 15.8 Å². The Morgan fingerprint density at radius 2 is 1.96 bits per heavy atom. The molecule has 1 aliphatic rings. The number of carbonyl (C=O) groups excluding carboxylic acids is 1. The minimum Gasteiger partial charge on any atom is -0.481 e. The third-order valence-electron chi connectivity index (χ3n) is 4.59. The van der Waals surface area contributed by atoms with Gasteiger partial charge < -0.3 is 10.4 Å². The normalized spacial score (nSPS) is 21.7. The van der Waals surface area contributed by atoms with Gasteiger partial charge in [0.05, 0.1) is 17.4 Å². The summed E-state index contributed by atoms with van der Waals surface area (Å²) < 4.78 is 38.2. The molecule has 0 aromatic heterocycles. The molecule has 0 saturated heterocycles. The van der Waals surface area contributed by atoms with E-state index >= 15 is 0 Å². The van der Waals surface area contributed by atoms with Gasteiger partial charge >= 0.3 is 12.1 Å². The van der Waals surface area contributed by atoms with Crippen molar-refractivity contribution in [2.75, 3.05) is 6.54 Å². The molecule has 0 radical (unpaired) electrons. The fourth-order valence-electron chi connectivity index (χ4n) is 2.84. The minimum absolute atomic E-state index is 0.149. The molecule has 24 heavy (non-hydrogen) atoms. The summed E-state index contributed by atoms with van der Waals surface area (Å²) in [5, 5.41) is 11.6. The van der Waals surface area contributed by atoms with Crippen LogP contribution in [0.5, 0.6) is 0 Å². The van der Waals surface area contributed by atoms with Gasteiger partial charge in [-0.3, -0.25) is 9.59 Å². The number of carboxylic acids is 1. The molecule has 0 spiro atoms. The van der Waals surface area contributed by atoms with Gasteiger partial charge in [-0.1, -0.05) is 25.1 Å². The number of carboxylic acid groups (broad SMARTS) is 1. The zero-order valence-electron chi connectivity index (χ0n) is 13.3. The standard InChI is InChI=1S/C17H20F3NO3/c1-10(11-3-2-4-12(9-11)17(18,19)20)7-8-21-15(22)13-5-6-14(13)16(23)24/h2-4,9-10,13-14H,5-8H2,1H3,(H,21,22)(H,23,24). The maximum atomic E-state index is 12.7. The Hall–Kier alpha value is -2.05. The van der Waals surface area contributed by atoms with Crippen LogP contribution in [0, 0.1) is 11.8 Å². The minimum atomic E-state index is -4.37. The Morgan fingerprint density at radius 1 is 1.29 bits per heavy atom. The summed E-state index contributed by atoms with van der Waals surface area (Å²) in [6, 6.07) is 5.16. The van der Waals surface area contributed by atoms with Crippen molar-refractivity contribution >= 4 is 11.9 Å². The fraction of sp³-hybridized carbons (Fsp3) is 0.529. The summed E-state index contributed by atoms with van der Waals surface area (Å²) in [6.45, 7) is 2.10. The van der Waals surface area contributed by atoms with E-state index in [1.54, 1.807) is 13.0 Å². The number of hydrogen-bond acceptors (Lipinski definition) is 2. The molecule has 1 fully saturated rings. The van der Waals surface area contributed by atoms with Crippen LogP contribution < -0.4 is 5.32 Å². The molecule has 1 aromatic carbocycles. The molecule has 1 aliphatic carbocycles. The van der Waals surface area contributed by atoms with Gasteiger partial charge in [0, 0.05) is 6.54 Å². The number of aliphatic carboxylic acids is 1. The summed E-state index contributed by atoms with van der Waals surface area (Å²) in [7, 11) is 0. The van der Waals surface area contributed by atoms with Gasteiger partial charge in [-0.15, -0.1) is 0 Å². The molecule has 2 N–H and O–H groups in total. The van der Waals surface area contributed by atoms with Crippen molar-refractivity contribution in [3.05, 3.63) is 35.4 Å². The smallest absolute Gasteiger partial charge is 0.416 e. The molecular weight excluding hydrogens is 323 g/mol. The number of halogens is 3. The molecular formula is C17H20F3NO3. The van der Waals surface area contributed by atoms with Crippen LogP contribution in [0.3, 0.4) is 0 Å². The Kier molecular flexibility index (Phi) is 5.51. The van der Waals surface area contributed by atoms with E-state index in [9.17, 15) is 22.8 Å². The maximum absolute atomic E-state index is 12.7. The molecule has 7 heteroatoms. The second-order valence-electron chi connectivity index (χ2n) is 6.23. The van der Waals surface area contributed by atoms with E-state index < -0.39 is 29.5 Å². The molecule has 4 nitrogen and oxygen atoms in total. The summed E-state index contributed by atoms with van der Waals surface area (Å²) in [5.74, 6) is -2.51. The molecule has 1 amide bonds. The molecule has 3 unspecified atom stereocenters. The SMILES string of the molecule is CC(CCNC(=O)C1CCC1C(=O)O)c1cccc(C(F)(F)F)c1. The van der Waals surface area contributed by atoms with E-state index in [-0.39, 0.29) is 11.8 Å². The largest absolute Gasteiger partial charge is 0.481 e. The van der Waals surface area contributed by atoms with Gasteiger partial charge in [-0.2, -0.15) is 13.2 Å². The fourth-order valence-corrected chi connectivity index (χ4v) is 2.84. The highest BCUT2D eigenvalue weighted by atomic mass is 19.4. The first-order valence-corrected chi connectivity index (χ1v) is 7.88. The average molecular weight is 343 g/mol. The van der Waals surface area contributed by atoms with Crippen LogP contribution in [0.2, 0.25) is 0 Å². The average Bonchev–Trinajstić information content (AvgIpc) is 2.44. The van der Waals surface area contributed by atoms with Gasteiger partial charge in [-0.25, -0.2) is 0 Å². The molecule has 1 saturated carbocycles. The number of hydrogen-bond donors (Lipinski definition) is 2. The zero-order chi connectivity index (χ0) is 17.9. The molecule has 1 aromatic rings. The Bertz CT molecular complexity index is 615. The van der Waals surface area contributed by atoms with Crippen LogP contribution >= 0.6 is 0 Å². The second-order valence-corrected chi connectivity index (χ2v) is 6.23. The van der Waals surface area contributed by atoms with Crippen LogP contribution in [0.15, 0.2) is 24.3 Å². The Morgan fingerprint density at radius 3 is 2.50 bits per heavy atom. The first-order chi connectivity index (χ1) is 11.2. The van der Waals surface area contributed by atoms with Crippen LogP contribution in [0.25, 0.3) is 0 Å². The van der Waals surface area contributed by atoms with Crippen molar-refractivity contribution in [2.24, 2.45) is 11.8 Å². The maximum Gasteiger partial charge on any atom is 0.416 e. The van der Waals surface area contributed by atoms with Crippen LogP contribution in [0.4, 0.5) is 13.2 Å². The monoisotopic (exact) mass is 343 g/mol. The number of carbonyl (C=O) groups is 2. The van der Waals surface area contributed by atoms with Crippen molar-refractivity contribution in [3.8, 4) is 0 Å². The predicted molar refractivity (Wildman–Crippen MR) is 81.3 cm³/mol. The quantitative estimate of drug-likeness (QED) is 0.832. The zero-order valence-corrected chi connectivity index (χ0v) is 13.3. The first-order valence-electron chi connectivity index (χ1n) is 7.88. The molecule has 0 heterocycles. The van der Waals surface area contributed by atoms with E-state index in [1.807, 2.05) is 0 Å². The topological polar surface area (TPSA) is 66.4 Å². The number of amides is 1. The van der Waals surface area contributed by atoms with Gasteiger partial charge in [0.25, 0.3) is 0 Å². The highest BCUT2D eigenvalue weighted by molar-refractivity contribution is 5.86. The lowest BCUT2D eigenvalue weighted by atomic mass is 9.73. The summed E-state index contributed by atoms with van der Waals surface area (Å²) >= 11 is 0. The van der Waals surface area contributed by atoms with Crippen molar-refractivity contribution in [3.63, 3.8) is 0 Å². The number of alkyl halides is 3. The molecule has 3 atom stereocenters. The van der Waals surface area contributed by atoms with Gasteiger partial charge in [0.1, 0.15) is 0 Å². The summed E-state index contributed by atoms with van der Waals surface area (Å²) in [4.78, 5) is 22.8. The number of rotatable bonds is 6. The Labute approximate surface area is 138 Å². The van der Waals surface area contributed by atoms with Gasteiger partial charge in [0.15, 0.2) is 0 Å². The highest BCUT2D eigenvalue weighted by Gasteiger charge is 2.41. The summed E-state index contributed by atoms with van der Waals surface area (Å²) in [6.07, 6.45) is -2.82. The molecule has 0 bridgehead atoms. The number of nitrogens with one attached hydrogen (secondary N) is 1. The first kappa shape index (κ1) is 18.3. The molecule has 2 rings (SSSR count). The molecule has 132 valence electrons. The third kappa shape index (κ3) is 4.27. The Balaban J connectivity index is 1.84. The lowest BCUT2D eigenvalue weighted by molar-refractivity contribution is -0.152. The van der Waals surface area contributed by atoms with Crippen molar-refractivity contribution in [1.82, 2.24) is 5.32 Å². The second kappa shape index (κ2) is 7.23. The van der Waals surface area contributed by atoms with E-state index in [0.717, 1.165) is 12.1 Å². The molecule has 0 aliphatic heterocycles. The number of benzene rings is 1.